The molecule has 0 aliphatic heterocycles. The molecule has 4 heteroatoms. The Morgan fingerprint density at radius 2 is 1.03 bits per heavy atom. The van der Waals surface area contributed by atoms with Crippen molar-refractivity contribution in [2.24, 2.45) is 0 Å². The first-order valence-corrected chi connectivity index (χ1v) is 11.5. The molecule has 0 spiro atoms. The fraction of sp³-hybridized carbons (Fsp3) is 0.333. The van der Waals surface area contributed by atoms with E-state index in [-0.39, 0.29) is 34.0 Å². The third-order valence-corrected chi connectivity index (χ3v) is 5.59. The minimum absolute atomic E-state index is 0. The number of aryl methyl sites for hydroxylation is 6. The smallest absolute Gasteiger partial charge is 0.178 e. The van der Waals surface area contributed by atoms with Crippen LogP contribution in [0.3, 0.4) is 0 Å². The number of rotatable bonds is 6. The molecule has 0 saturated carbocycles. The molecule has 34 heavy (non-hydrogen) atoms. The molecule has 1 aromatic carbocycles. The zero-order valence-electron chi connectivity index (χ0n) is 20.7. The summed E-state index contributed by atoms with van der Waals surface area (Å²) in [6.45, 7) is 10.6. The highest BCUT2D eigenvalue weighted by Crippen LogP contribution is 2.06. The van der Waals surface area contributed by atoms with Gasteiger partial charge >= 0.3 is 0 Å². The maximum absolute atomic E-state index is 3.34. The molecule has 0 bridgehead atoms. The van der Waals surface area contributed by atoms with Crippen molar-refractivity contribution in [1.29, 1.82) is 0 Å². The van der Waals surface area contributed by atoms with E-state index >= 15 is 0 Å². The van der Waals surface area contributed by atoms with Gasteiger partial charge in [0, 0.05) is 74.9 Å². The van der Waals surface area contributed by atoms with Crippen molar-refractivity contribution in [2.75, 3.05) is 0 Å². The standard InChI is InChI=1S/C30H34N2.2BrH/c1-25-17-21-31(27(3)23-25)19-11-5-7-13-29-15-9-10-16-30(29)14-8-6-12-20-32-22-18-26(2)24-28(32)4;;/h9-10,15-18,21-24H,5-6,11-12,19-20H2,1-4H3;2*1H/q+2;;/p-2. The van der Waals surface area contributed by atoms with Crippen LogP contribution in [0.5, 0.6) is 0 Å². The molecule has 0 unspecified atom stereocenters. The molecule has 3 aromatic rings. The van der Waals surface area contributed by atoms with Crippen molar-refractivity contribution in [3.05, 3.63) is 94.6 Å². The Morgan fingerprint density at radius 1 is 0.618 bits per heavy atom. The summed E-state index contributed by atoms with van der Waals surface area (Å²) in [7, 11) is 0. The highest BCUT2D eigenvalue weighted by Gasteiger charge is 2.05. The van der Waals surface area contributed by atoms with Crippen molar-refractivity contribution in [3.8, 4) is 23.7 Å². The van der Waals surface area contributed by atoms with E-state index in [9.17, 15) is 0 Å². The van der Waals surface area contributed by atoms with E-state index in [2.05, 4.69) is 109 Å². The maximum atomic E-state index is 3.34. The molecule has 0 fully saturated rings. The predicted molar refractivity (Wildman–Crippen MR) is 131 cm³/mol. The predicted octanol–water partition coefficient (Wildman–Crippen LogP) is -0.833. The lowest BCUT2D eigenvalue weighted by Gasteiger charge is -2.00. The maximum Gasteiger partial charge on any atom is 0.178 e. The summed E-state index contributed by atoms with van der Waals surface area (Å²) in [6.07, 6.45) is 8.20. The number of nitrogens with zero attached hydrogens (tertiary/aromatic N) is 2. The van der Waals surface area contributed by atoms with E-state index in [1.54, 1.807) is 0 Å². The molecule has 0 aliphatic carbocycles. The molecule has 2 nitrogen and oxygen atoms in total. The number of halogens is 2. The quantitative estimate of drug-likeness (QED) is 0.204. The third kappa shape index (κ3) is 9.46. The molecule has 0 saturated heterocycles. The Hall–Kier alpha value is -2.40. The Morgan fingerprint density at radius 3 is 1.41 bits per heavy atom. The Kier molecular flexibility index (Phi) is 13.5. The van der Waals surface area contributed by atoms with Gasteiger partial charge in [0.15, 0.2) is 23.8 Å². The van der Waals surface area contributed by atoms with Crippen molar-refractivity contribution >= 4 is 0 Å². The van der Waals surface area contributed by atoms with E-state index in [1.165, 1.54) is 22.5 Å². The zero-order chi connectivity index (χ0) is 22.8. The number of aromatic nitrogens is 2. The largest absolute Gasteiger partial charge is 1.00 e. The molecule has 0 amide bonds. The SMILES string of the molecule is Cc1cc[n+](CCCC#Cc2ccccc2C#CCCC[n+]2ccc(C)cc2C)c(C)c1.[Br-].[Br-]. The second-order valence-electron chi connectivity index (χ2n) is 8.43. The molecular weight excluding hydrogens is 548 g/mol. The fourth-order valence-corrected chi connectivity index (χ4v) is 3.77. The molecule has 0 N–H and O–H groups in total. The van der Waals surface area contributed by atoms with Gasteiger partial charge in [-0.15, -0.1) is 0 Å². The molecule has 2 aromatic heterocycles. The third-order valence-electron chi connectivity index (χ3n) is 5.59. The molecular formula is C30H34Br2N2. The Balaban J connectivity index is 0.00000289. The van der Waals surface area contributed by atoms with Crippen LogP contribution in [-0.4, -0.2) is 0 Å². The van der Waals surface area contributed by atoms with Gasteiger partial charge in [-0.05, 0) is 37.1 Å². The van der Waals surface area contributed by atoms with Gasteiger partial charge in [-0.1, -0.05) is 35.8 Å². The highest BCUT2D eigenvalue weighted by atomic mass is 79.9. The average Bonchev–Trinajstić information content (AvgIpc) is 2.77. The lowest BCUT2D eigenvalue weighted by atomic mass is 10.1. The van der Waals surface area contributed by atoms with Crippen LogP contribution in [0.4, 0.5) is 0 Å². The first-order valence-electron chi connectivity index (χ1n) is 11.5. The van der Waals surface area contributed by atoms with Gasteiger partial charge in [-0.25, -0.2) is 9.13 Å². The molecule has 0 radical (unpaired) electrons. The fourth-order valence-electron chi connectivity index (χ4n) is 3.77. The van der Waals surface area contributed by atoms with Crippen LogP contribution in [0.2, 0.25) is 0 Å². The normalized spacial score (nSPS) is 9.53. The van der Waals surface area contributed by atoms with Crippen molar-refractivity contribution in [3.63, 3.8) is 0 Å². The van der Waals surface area contributed by atoms with Gasteiger partial charge < -0.3 is 34.0 Å². The zero-order valence-corrected chi connectivity index (χ0v) is 23.8. The monoisotopic (exact) mass is 580 g/mol. The topological polar surface area (TPSA) is 7.76 Å². The van der Waals surface area contributed by atoms with Crippen LogP contribution >= 0.6 is 0 Å². The van der Waals surface area contributed by atoms with Crippen LogP contribution in [0.15, 0.2) is 60.9 Å². The van der Waals surface area contributed by atoms with E-state index in [4.69, 9.17) is 0 Å². The minimum Gasteiger partial charge on any atom is -1.00 e. The summed E-state index contributed by atoms with van der Waals surface area (Å²) in [6, 6.07) is 17.0. The lowest BCUT2D eigenvalue weighted by molar-refractivity contribution is -0.703. The molecule has 0 atom stereocenters. The van der Waals surface area contributed by atoms with Gasteiger partial charge in [0.05, 0.1) is 0 Å². The van der Waals surface area contributed by atoms with E-state index < -0.39 is 0 Å². The Labute approximate surface area is 227 Å². The van der Waals surface area contributed by atoms with E-state index in [0.717, 1.165) is 49.9 Å². The minimum atomic E-state index is 0. The summed E-state index contributed by atoms with van der Waals surface area (Å²) in [5.41, 5.74) is 7.27. The summed E-state index contributed by atoms with van der Waals surface area (Å²) in [5, 5.41) is 0. The summed E-state index contributed by atoms with van der Waals surface area (Å²) in [5.74, 6) is 13.4. The highest BCUT2D eigenvalue weighted by molar-refractivity contribution is 5.49. The number of unbranched alkanes of at least 4 members (excludes halogenated alkanes) is 2. The van der Waals surface area contributed by atoms with Crippen molar-refractivity contribution in [2.45, 2.75) is 66.5 Å². The molecule has 2 heterocycles. The number of hydrogen-bond acceptors (Lipinski definition) is 0. The Bertz CT molecular complexity index is 1100. The number of benzene rings is 1. The van der Waals surface area contributed by atoms with Gasteiger partial charge in [0.1, 0.15) is 13.1 Å². The number of pyridine rings is 2. The van der Waals surface area contributed by atoms with Crippen molar-refractivity contribution in [1.82, 2.24) is 0 Å². The van der Waals surface area contributed by atoms with Crippen LogP contribution in [0.25, 0.3) is 0 Å². The van der Waals surface area contributed by atoms with E-state index in [1.807, 2.05) is 12.1 Å². The summed E-state index contributed by atoms with van der Waals surface area (Å²) >= 11 is 0. The van der Waals surface area contributed by atoms with Crippen LogP contribution in [-0.2, 0) is 13.1 Å². The van der Waals surface area contributed by atoms with Crippen LogP contribution in [0, 0.1) is 51.4 Å². The van der Waals surface area contributed by atoms with Crippen LogP contribution < -0.4 is 43.1 Å². The summed E-state index contributed by atoms with van der Waals surface area (Å²) < 4.78 is 4.59. The average molecular weight is 582 g/mol. The lowest BCUT2D eigenvalue weighted by Crippen LogP contribution is -3.00. The number of hydrogen-bond donors (Lipinski definition) is 0. The second-order valence-corrected chi connectivity index (χ2v) is 8.43. The second kappa shape index (κ2) is 15.5. The first-order chi connectivity index (χ1) is 15.5. The first kappa shape index (κ1) is 29.6. The van der Waals surface area contributed by atoms with E-state index in [0.29, 0.717) is 0 Å². The summed E-state index contributed by atoms with van der Waals surface area (Å²) in [4.78, 5) is 0. The molecule has 178 valence electrons. The van der Waals surface area contributed by atoms with Gasteiger partial charge in [-0.2, -0.15) is 0 Å². The van der Waals surface area contributed by atoms with Gasteiger partial charge in [0.25, 0.3) is 0 Å². The molecule has 0 aliphatic rings. The molecule has 3 rings (SSSR count). The van der Waals surface area contributed by atoms with Crippen LogP contribution in [0.1, 0.15) is 59.3 Å². The van der Waals surface area contributed by atoms with Gasteiger partial charge in [0.2, 0.25) is 0 Å². The van der Waals surface area contributed by atoms with Gasteiger partial charge in [-0.3, -0.25) is 0 Å². The van der Waals surface area contributed by atoms with Crippen molar-refractivity contribution < 1.29 is 43.1 Å².